The summed E-state index contributed by atoms with van der Waals surface area (Å²) < 4.78 is 24.2. The second kappa shape index (κ2) is 4.90. The van der Waals surface area contributed by atoms with Crippen LogP contribution in [0.1, 0.15) is 22.0 Å². The van der Waals surface area contributed by atoms with E-state index in [2.05, 4.69) is 0 Å². The van der Waals surface area contributed by atoms with E-state index in [-0.39, 0.29) is 11.7 Å². The van der Waals surface area contributed by atoms with Crippen molar-refractivity contribution < 1.29 is 23.8 Å². The summed E-state index contributed by atoms with van der Waals surface area (Å²) in [6.07, 6.45) is -2.87. The summed E-state index contributed by atoms with van der Waals surface area (Å²) >= 11 is 0. The Hall–Kier alpha value is -2.24. The molecule has 0 aliphatic carbocycles. The largest absolute Gasteiger partial charge is 0.479 e. The number of fused-ring (bicyclic) bond motifs is 1. The first kappa shape index (κ1) is 13.4. The van der Waals surface area contributed by atoms with E-state index in [9.17, 15) is 14.3 Å². The zero-order valence-electron chi connectivity index (χ0n) is 11.5. The van der Waals surface area contributed by atoms with Crippen LogP contribution in [0.4, 0.5) is 4.39 Å². The lowest BCUT2D eigenvalue weighted by molar-refractivity contribution is 0.0281. The van der Waals surface area contributed by atoms with Gasteiger partial charge in [0.25, 0.3) is 0 Å². The Balaban J connectivity index is 1.52. The molecule has 5 heteroatoms. The Labute approximate surface area is 126 Å². The van der Waals surface area contributed by atoms with Crippen molar-refractivity contribution in [2.75, 3.05) is 0 Å². The summed E-state index contributed by atoms with van der Waals surface area (Å²) in [7, 11) is 0. The summed E-state index contributed by atoms with van der Waals surface area (Å²) in [5.41, 5.74) is 1.11. The third-order valence-corrected chi connectivity index (χ3v) is 4.02. The van der Waals surface area contributed by atoms with E-state index < -0.39 is 29.9 Å². The van der Waals surface area contributed by atoms with Gasteiger partial charge in [-0.3, -0.25) is 4.79 Å². The van der Waals surface area contributed by atoms with Crippen LogP contribution in [-0.2, 0) is 4.74 Å². The average Bonchev–Trinajstić information content (AvgIpc) is 3.28. The molecule has 2 aliphatic rings. The zero-order chi connectivity index (χ0) is 15.3. The fourth-order valence-corrected chi connectivity index (χ4v) is 2.83. The van der Waals surface area contributed by atoms with Crippen LogP contribution in [-0.4, -0.2) is 29.2 Å². The van der Waals surface area contributed by atoms with E-state index in [4.69, 9.17) is 9.47 Å². The number of hydrogen-bond acceptors (Lipinski definition) is 4. The molecule has 2 heterocycles. The topological polar surface area (TPSA) is 59.1 Å². The second-order valence-electron chi connectivity index (χ2n) is 5.47. The monoisotopic (exact) mass is 300 g/mol. The highest BCUT2D eigenvalue weighted by Crippen LogP contribution is 2.43. The van der Waals surface area contributed by atoms with Crippen molar-refractivity contribution in [1.82, 2.24) is 0 Å². The van der Waals surface area contributed by atoms with Crippen LogP contribution < -0.4 is 4.74 Å². The predicted octanol–water partition coefficient (Wildman–Crippen LogP) is 2.27. The first-order valence-corrected chi connectivity index (χ1v) is 7.04. The van der Waals surface area contributed by atoms with Crippen molar-refractivity contribution in [3.05, 3.63) is 65.5 Å². The normalized spacial score (nSPS) is 27.2. The molecule has 2 aromatic rings. The fraction of sp³-hybridized carbons (Fsp3) is 0.235. The Kier molecular flexibility index (Phi) is 2.99. The molecule has 22 heavy (non-hydrogen) atoms. The lowest BCUT2D eigenvalue weighted by Crippen LogP contribution is -2.38. The van der Waals surface area contributed by atoms with Crippen molar-refractivity contribution in [1.29, 1.82) is 0 Å². The number of halogens is 1. The van der Waals surface area contributed by atoms with Crippen LogP contribution >= 0.6 is 0 Å². The van der Waals surface area contributed by atoms with Gasteiger partial charge in [0.05, 0.1) is 5.56 Å². The van der Waals surface area contributed by atoms with Gasteiger partial charge in [0, 0.05) is 0 Å². The molecule has 0 amide bonds. The van der Waals surface area contributed by atoms with Crippen LogP contribution in [0.5, 0.6) is 5.75 Å². The van der Waals surface area contributed by atoms with Crippen molar-refractivity contribution in [3.8, 4) is 5.75 Å². The number of rotatable bonds is 3. The molecule has 0 aromatic heterocycles. The fourth-order valence-electron chi connectivity index (χ4n) is 2.83. The first-order valence-electron chi connectivity index (χ1n) is 7.04. The molecular weight excluding hydrogens is 287 g/mol. The molecule has 1 saturated heterocycles. The minimum absolute atomic E-state index is 0.168. The molecule has 0 spiro atoms. The van der Waals surface area contributed by atoms with Gasteiger partial charge in [-0.1, -0.05) is 30.3 Å². The summed E-state index contributed by atoms with van der Waals surface area (Å²) in [5, 5.41) is 10.4. The van der Waals surface area contributed by atoms with Gasteiger partial charge in [-0.15, -0.1) is 0 Å². The van der Waals surface area contributed by atoms with Crippen molar-refractivity contribution in [2.24, 2.45) is 0 Å². The van der Waals surface area contributed by atoms with Gasteiger partial charge in [-0.2, -0.15) is 0 Å². The summed E-state index contributed by atoms with van der Waals surface area (Å²) in [6, 6.07) is 13.2. The maximum atomic E-state index is 13.2. The van der Waals surface area contributed by atoms with Crippen molar-refractivity contribution in [3.63, 3.8) is 0 Å². The highest BCUT2D eigenvalue weighted by Gasteiger charge is 2.52. The molecule has 112 valence electrons. The smallest absolute Gasteiger partial charge is 0.209 e. The molecule has 4 nitrogen and oxygen atoms in total. The molecule has 0 radical (unpaired) electrons. The number of ether oxygens (including phenoxy) is 2. The number of epoxide rings is 1. The summed E-state index contributed by atoms with van der Waals surface area (Å²) in [4.78, 5) is 12.3. The minimum Gasteiger partial charge on any atom is -0.479 e. The average molecular weight is 300 g/mol. The lowest BCUT2D eigenvalue weighted by atomic mass is 9.99. The van der Waals surface area contributed by atoms with E-state index in [1.54, 1.807) is 0 Å². The van der Waals surface area contributed by atoms with Crippen LogP contribution in [0.2, 0.25) is 0 Å². The molecule has 0 bridgehead atoms. The number of hydrogen-bond donors (Lipinski definition) is 1. The molecule has 2 aromatic carbocycles. The number of Topliss-reactive ketones (excluding diaryl/α,β-unsaturated/α-hetero) is 1. The van der Waals surface area contributed by atoms with Gasteiger partial charge >= 0.3 is 0 Å². The van der Waals surface area contributed by atoms with Gasteiger partial charge < -0.3 is 14.6 Å². The number of aliphatic hydroxyl groups is 1. The number of aliphatic hydroxyl groups excluding tert-OH is 1. The van der Waals surface area contributed by atoms with E-state index >= 15 is 0 Å². The number of carbonyl (C=O) groups excluding carboxylic acids is 1. The van der Waals surface area contributed by atoms with E-state index in [0.29, 0.717) is 5.75 Å². The summed E-state index contributed by atoms with van der Waals surface area (Å²) in [6.45, 7) is 0. The SMILES string of the molecule is O=C1c2cc(F)ccc2OC1C(O)[C@H]1O[C@@H]1c1ccccc1. The first-order chi connectivity index (χ1) is 10.6. The number of benzene rings is 2. The highest BCUT2D eigenvalue weighted by molar-refractivity contribution is 6.05. The minimum atomic E-state index is -1.09. The van der Waals surface area contributed by atoms with Gasteiger partial charge in [-0.05, 0) is 23.8 Å². The number of ketones is 1. The third-order valence-electron chi connectivity index (χ3n) is 4.02. The van der Waals surface area contributed by atoms with E-state index in [0.717, 1.165) is 11.6 Å². The van der Waals surface area contributed by atoms with Crippen LogP contribution in [0, 0.1) is 5.82 Å². The predicted molar refractivity (Wildman–Crippen MR) is 75.2 cm³/mol. The summed E-state index contributed by atoms with van der Waals surface area (Å²) in [5.74, 6) is -0.618. The van der Waals surface area contributed by atoms with Gasteiger partial charge in [0.2, 0.25) is 5.78 Å². The van der Waals surface area contributed by atoms with Gasteiger partial charge in [0.15, 0.2) is 6.10 Å². The Bertz CT molecular complexity index is 731. The highest BCUT2D eigenvalue weighted by atomic mass is 19.1. The maximum absolute atomic E-state index is 13.2. The Morgan fingerprint density at radius 3 is 2.68 bits per heavy atom. The molecule has 1 N–H and O–H groups in total. The van der Waals surface area contributed by atoms with Crippen molar-refractivity contribution in [2.45, 2.75) is 24.4 Å². The maximum Gasteiger partial charge on any atom is 0.209 e. The van der Waals surface area contributed by atoms with E-state index in [1.807, 2.05) is 30.3 Å². The van der Waals surface area contributed by atoms with Crippen LogP contribution in [0.3, 0.4) is 0 Å². The van der Waals surface area contributed by atoms with Crippen LogP contribution in [0.25, 0.3) is 0 Å². The quantitative estimate of drug-likeness (QED) is 0.883. The van der Waals surface area contributed by atoms with Crippen molar-refractivity contribution >= 4 is 5.78 Å². The van der Waals surface area contributed by atoms with Gasteiger partial charge in [-0.25, -0.2) is 4.39 Å². The molecule has 2 unspecified atom stereocenters. The van der Waals surface area contributed by atoms with Gasteiger partial charge in [0.1, 0.15) is 29.9 Å². The molecule has 0 saturated carbocycles. The Morgan fingerprint density at radius 1 is 1.14 bits per heavy atom. The molecule has 4 rings (SSSR count). The van der Waals surface area contributed by atoms with E-state index in [1.165, 1.54) is 12.1 Å². The standard InChI is InChI=1S/C17H13FO4/c18-10-6-7-12-11(8-10)13(19)16(21-12)14(20)17-15(22-17)9-4-2-1-3-5-9/h1-8,14-17,20H/t14?,15-,16?,17-/m1/s1. The zero-order valence-corrected chi connectivity index (χ0v) is 11.5. The van der Waals surface area contributed by atoms with Crippen LogP contribution in [0.15, 0.2) is 48.5 Å². The number of carbonyl (C=O) groups is 1. The third kappa shape index (κ3) is 2.10. The molecule has 4 atom stereocenters. The lowest BCUT2D eigenvalue weighted by Gasteiger charge is -2.14. The second-order valence-corrected chi connectivity index (χ2v) is 5.47. The molecule has 1 fully saturated rings. The Morgan fingerprint density at radius 2 is 1.91 bits per heavy atom. The molecular formula is C17H13FO4. The molecule has 2 aliphatic heterocycles.